The predicted octanol–water partition coefficient (Wildman–Crippen LogP) is 3.07. The zero-order valence-electron chi connectivity index (χ0n) is 18.2. The average Bonchev–Trinajstić information content (AvgIpc) is 2.63. The van der Waals surface area contributed by atoms with Crippen LogP contribution in [-0.2, 0) is 4.43 Å². The van der Waals surface area contributed by atoms with E-state index in [1.165, 1.54) is 70.9 Å². The zero-order chi connectivity index (χ0) is 18.9. The molecule has 0 saturated heterocycles. The van der Waals surface area contributed by atoms with Gasteiger partial charge in [0.15, 0.2) is 9.76 Å². The van der Waals surface area contributed by atoms with Crippen LogP contribution in [0.5, 0.6) is 0 Å². The Bertz CT molecular complexity index is 262. The summed E-state index contributed by atoms with van der Waals surface area (Å²) in [6.45, 7) is 17.4. The van der Waals surface area contributed by atoms with Gasteiger partial charge in [-0.2, -0.15) is 0 Å². The zero-order valence-corrected chi connectivity index (χ0v) is 19.6. The minimum atomic E-state index is -0.316. The van der Waals surface area contributed by atoms with Gasteiger partial charge < -0.3 is 19.1 Å². The molecule has 152 valence electrons. The maximum Gasteiger partial charge on any atom is 0.162 e. The molecule has 0 aliphatic rings. The minimum Gasteiger partial charge on any atom is -0.421 e. The first-order valence-electron chi connectivity index (χ1n) is 10.8. The molecule has 5 heteroatoms. The molecule has 0 N–H and O–H groups in total. The molecular formula is C20H47N3OSi. The summed E-state index contributed by atoms with van der Waals surface area (Å²) in [6.07, 6.45) is 6.76. The molecule has 0 aliphatic heterocycles. The molecule has 0 heterocycles. The topological polar surface area (TPSA) is 19.0 Å². The van der Waals surface area contributed by atoms with Gasteiger partial charge in [0.1, 0.15) is 0 Å². The third kappa shape index (κ3) is 14.9. The summed E-state index contributed by atoms with van der Waals surface area (Å²) in [5.74, 6) is 0. The lowest BCUT2D eigenvalue weighted by Crippen LogP contribution is -2.32. The van der Waals surface area contributed by atoms with Crippen LogP contribution >= 0.6 is 0 Å². The Hall–Kier alpha value is 0.0569. The number of nitrogens with zero attached hydrogens (tertiary/aromatic N) is 3. The summed E-state index contributed by atoms with van der Waals surface area (Å²) >= 11 is 0. The summed E-state index contributed by atoms with van der Waals surface area (Å²) in [5.41, 5.74) is 0. The summed E-state index contributed by atoms with van der Waals surface area (Å²) < 4.78 is 6.08. The van der Waals surface area contributed by atoms with Gasteiger partial charge in [-0.05, 0) is 98.1 Å². The highest BCUT2D eigenvalue weighted by molar-refractivity contribution is 6.27. The quantitative estimate of drug-likeness (QED) is 0.271. The number of rotatable bonds is 18. The normalized spacial score (nSPS) is 12.7. The van der Waals surface area contributed by atoms with E-state index in [-0.39, 0.29) is 9.76 Å². The van der Waals surface area contributed by atoms with Crippen LogP contribution in [0.2, 0.25) is 6.04 Å². The van der Waals surface area contributed by atoms with Crippen LogP contribution in [0.3, 0.4) is 0 Å². The molecule has 0 aromatic heterocycles. The second-order valence-electron chi connectivity index (χ2n) is 7.36. The van der Waals surface area contributed by atoms with Gasteiger partial charge in [-0.3, -0.25) is 0 Å². The van der Waals surface area contributed by atoms with Gasteiger partial charge in [-0.25, -0.2) is 0 Å². The maximum absolute atomic E-state index is 6.08. The first-order chi connectivity index (χ1) is 12.1. The Morgan fingerprint density at radius 1 is 0.720 bits per heavy atom. The Morgan fingerprint density at radius 2 is 1.20 bits per heavy atom. The van der Waals surface area contributed by atoms with Gasteiger partial charge in [0.25, 0.3) is 0 Å². The van der Waals surface area contributed by atoms with Crippen LogP contribution in [-0.4, -0.2) is 90.5 Å². The van der Waals surface area contributed by atoms with E-state index in [1.54, 1.807) is 0 Å². The van der Waals surface area contributed by atoms with E-state index in [9.17, 15) is 0 Å². The summed E-state index contributed by atoms with van der Waals surface area (Å²) in [6, 6.07) is 1.33. The molecule has 0 rings (SSSR count). The number of hydrogen-bond donors (Lipinski definition) is 0. The van der Waals surface area contributed by atoms with Crippen molar-refractivity contribution in [3.8, 4) is 0 Å². The third-order valence-corrected chi connectivity index (χ3v) is 6.74. The van der Waals surface area contributed by atoms with Gasteiger partial charge in [0.2, 0.25) is 0 Å². The number of hydrogen-bond acceptors (Lipinski definition) is 4. The molecule has 0 atom stereocenters. The van der Waals surface area contributed by atoms with Crippen LogP contribution in [0.4, 0.5) is 0 Å². The standard InChI is InChI=1S/C20H47N3OSi/c1-7-20(8-2)24-25-19-13-18-23(16-11-14-21(5)9-3)17-12-15-22(6)10-4/h20H,7-19,25H2,1-6H3. The molecule has 25 heavy (non-hydrogen) atoms. The van der Waals surface area contributed by atoms with E-state index < -0.39 is 0 Å². The highest BCUT2D eigenvalue weighted by Crippen LogP contribution is 2.05. The molecule has 0 unspecified atom stereocenters. The second-order valence-corrected chi connectivity index (χ2v) is 8.81. The lowest BCUT2D eigenvalue weighted by molar-refractivity contribution is 0.200. The van der Waals surface area contributed by atoms with Gasteiger partial charge >= 0.3 is 0 Å². The van der Waals surface area contributed by atoms with Crippen molar-refractivity contribution in [1.29, 1.82) is 0 Å². The third-order valence-electron chi connectivity index (χ3n) is 5.24. The minimum absolute atomic E-state index is 0.316. The molecule has 0 aromatic rings. The van der Waals surface area contributed by atoms with Crippen LogP contribution in [0.1, 0.15) is 59.8 Å². The largest absolute Gasteiger partial charge is 0.421 e. The van der Waals surface area contributed by atoms with E-state index in [0.717, 1.165) is 13.1 Å². The molecular weight excluding hydrogens is 326 g/mol. The van der Waals surface area contributed by atoms with Gasteiger partial charge in [-0.1, -0.05) is 27.7 Å². The predicted molar refractivity (Wildman–Crippen MR) is 115 cm³/mol. The SMILES string of the molecule is CCC(CC)O[SiH2]CCCN(CCCN(C)CC)CCCN(C)CC. The molecule has 0 saturated carbocycles. The lowest BCUT2D eigenvalue weighted by Gasteiger charge is -2.25. The Balaban J connectivity index is 4.01. The Morgan fingerprint density at radius 3 is 1.64 bits per heavy atom. The Kier molecular flexibility index (Phi) is 17.5. The highest BCUT2D eigenvalue weighted by Gasteiger charge is 2.07. The first kappa shape index (κ1) is 25.1. The molecule has 0 amide bonds. The van der Waals surface area contributed by atoms with E-state index in [0.29, 0.717) is 6.10 Å². The second kappa shape index (κ2) is 17.5. The summed E-state index contributed by atoms with van der Waals surface area (Å²) in [7, 11) is 4.13. The molecule has 0 aromatic carbocycles. The van der Waals surface area contributed by atoms with E-state index in [4.69, 9.17) is 4.43 Å². The fourth-order valence-corrected chi connectivity index (χ4v) is 4.39. The lowest BCUT2D eigenvalue weighted by atomic mass is 10.2. The smallest absolute Gasteiger partial charge is 0.162 e. The van der Waals surface area contributed by atoms with Gasteiger partial charge in [-0.15, -0.1) is 0 Å². The molecule has 0 radical (unpaired) electrons. The van der Waals surface area contributed by atoms with Crippen molar-refractivity contribution in [2.24, 2.45) is 0 Å². The van der Waals surface area contributed by atoms with Crippen molar-refractivity contribution < 1.29 is 4.43 Å². The molecule has 0 bridgehead atoms. The first-order valence-corrected chi connectivity index (χ1v) is 12.4. The van der Waals surface area contributed by atoms with Crippen molar-refractivity contribution in [3.05, 3.63) is 0 Å². The maximum atomic E-state index is 6.08. The van der Waals surface area contributed by atoms with E-state index in [1.807, 2.05) is 0 Å². The van der Waals surface area contributed by atoms with Crippen LogP contribution in [0.25, 0.3) is 0 Å². The monoisotopic (exact) mass is 373 g/mol. The molecule has 0 spiro atoms. The van der Waals surface area contributed by atoms with Crippen molar-refractivity contribution in [2.45, 2.75) is 71.9 Å². The van der Waals surface area contributed by atoms with E-state index >= 15 is 0 Å². The highest BCUT2D eigenvalue weighted by atomic mass is 28.2. The van der Waals surface area contributed by atoms with Crippen molar-refractivity contribution in [3.63, 3.8) is 0 Å². The van der Waals surface area contributed by atoms with Gasteiger partial charge in [0, 0.05) is 6.10 Å². The average molecular weight is 374 g/mol. The fourth-order valence-electron chi connectivity index (χ4n) is 2.99. The van der Waals surface area contributed by atoms with Crippen molar-refractivity contribution in [1.82, 2.24) is 14.7 Å². The van der Waals surface area contributed by atoms with Gasteiger partial charge in [0.05, 0.1) is 0 Å². The van der Waals surface area contributed by atoms with E-state index in [2.05, 4.69) is 56.5 Å². The van der Waals surface area contributed by atoms with Crippen molar-refractivity contribution >= 4 is 9.76 Å². The van der Waals surface area contributed by atoms with Crippen LogP contribution < -0.4 is 0 Å². The molecule has 0 fully saturated rings. The molecule has 4 nitrogen and oxygen atoms in total. The summed E-state index contributed by atoms with van der Waals surface area (Å²) in [4.78, 5) is 7.53. The van der Waals surface area contributed by atoms with Crippen molar-refractivity contribution in [2.75, 3.05) is 59.9 Å². The fraction of sp³-hybridized carbons (Fsp3) is 1.00. The summed E-state index contributed by atoms with van der Waals surface area (Å²) in [5, 5.41) is 0. The Labute approximate surface area is 161 Å². The van der Waals surface area contributed by atoms with Crippen LogP contribution in [0.15, 0.2) is 0 Å². The molecule has 0 aliphatic carbocycles. The van der Waals surface area contributed by atoms with Crippen LogP contribution in [0, 0.1) is 0 Å².